The third kappa shape index (κ3) is 5.53. The summed E-state index contributed by atoms with van der Waals surface area (Å²) in [6.45, 7) is 0.320. The maximum Gasteiger partial charge on any atom is 0.258 e. The van der Waals surface area contributed by atoms with Gasteiger partial charge in [-0.05, 0) is 32.3 Å². The van der Waals surface area contributed by atoms with Gasteiger partial charge in [-0.15, -0.1) is 0 Å². The summed E-state index contributed by atoms with van der Waals surface area (Å²) < 4.78 is 10.9. The van der Waals surface area contributed by atoms with E-state index in [0.29, 0.717) is 22.3 Å². The molecule has 0 spiro atoms. The molecule has 1 N–H and O–H groups in total. The molecule has 2 aromatic rings. The Balaban J connectivity index is 1.94. The number of carbonyl (C=O) groups excluding carboxylic acids is 1. The van der Waals surface area contributed by atoms with Crippen molar-refractivity contribution in [2.75, 3.05) is 34.4 Å². The molecule has 0 bridgehead atoms. The van der Waals surface area contributed by atoms with E-state index >= 15 is 0 Å². The highest BCUT2D eigenvalue weighted by atomic mass is 35.5. The number of amides is 1. The van der Waals surface area contributed by atoms with Gasteiger partial charge in [-0.25, -0.2) is 0 Å². The standard InChI is InChI=1S/C19H22Cl2N2O3/c1-23(2)17(14-6-4-5-7-18(14)25-3)11-22-19(24)12-26-13-8-9-15(20)16(21)10-13/h4-10,17H,11-12H2,1-3H3,(H,22,24). The third-order valence-corrected chi connectivity index (χ3v) is 4.61. The first-order valence-electron chi connectivity index (χ1n) is 8.06. The topological polar surface area (TPSA) is 50.8 Å². The predicted molar refractivity (Wildman–Crippen MR) is 104 cm³/mol. The molecule has 1 unspecified atom stereocenters. The SMILES string of the molecule is COc1ccccc1C(CNC(=O)COc1ccc(Cl)c(Cl)c1)N(C)C. The van der Waals surface area contributed by atoms with Crippen LogP contribution in [0.5, 0.6) is 11.5 Å². The van der Waals surface area contributed by atoms with Gasteiger partial charge in [0.05, 0.1) is 23.2 Å². The molecule has 1 amide bonds. The molecule has 0 saturated carbocycles. The minimum absolute atomic E-state index is 0.0277. The van der Waals surface area contributed by atoms with E-state index in [1.165, 1.54) is 0 Å². The summed E-state index contributed by atoms with van der Waals surface area (Å²) in [7, 11) is 5.54. The second kappa shape index (κ2) is 9.67. The van der Waals surface area contributed by atoms with Gasteiger partial charge in [-0.2, -0.15) is 0 Å². The van der Waals surface area contributed by atoms with Gasteiger partial charge in [0.2, 0.25) is 0 Å². The summed E-state index contributed by atoms with van der Waals surface area (Å²) in [6, 6.07) is 12.6. The largest absolute Gasteiger partial charge is 0.496 e. The Bertz CT molecular complexity index is 753. The van der Waals surface area contributed by atoms with Gasteiger partial charge < -0.3 is 19.7 Å². The summed E-state index contributed by atoms with van der Waals surface area (Å²) in [5.41, 5.74) is 1.01. The molecular formula is C19H22Cl2N2O3. The van der Waals surface area contributed by atoms with Crippen LogP contribution in [0.4, 0.5) is 0 Å². The number of para-hydroxylation sites is 1. The lowest BCUT2D eigenvalue weighted by Gasteiger charge is -2.26. The molecule has 2 aromatic carbocycles. The van der Waals surface area contributed by atoms with Crippen molar-refractivity contribution in [2.24, 2.45) is 0 Å². The third-order valence-electron chi connectivity index (χ3n) is 3.87. The van der Waals surface area contributed by atoms with Gasteiger partial charge in [-0.1, -0.05) is 41.4 Å². The minimum Gasteiger partial charge on any atom is -0.496 e. The molecule has 0 radical (unpaired) electrons. The fraction of sp³-hybridized carbons (Fsp3) is 0.316. The maximum atomic E-state index is 12.1. The van der Waals surface area contributed by atoms with Crippen molar-refractivity contribution in [2.45, 2.75) is 6.04 Å². The fourth-order valence-electron chi connectivity index (χ4n) is 2.49. The van der Waals surface area contributed by atoms with E-state index in [0.717, 1.165) is 11.3 Å². The Morgan fingerprint density at radius 1 is 1.15 bits per heavy atom. The number of nitrogens with one attached hydrogen (secondary N) is 1. The van der Waals surface area contributed by atoms with E-state index in [4.69, 9.17) is 32.7 Å². The van der Waals surface area contributed by atoms with Crippen LogP contribution in [0.15, 0.2) is 42.5 Å². The lowest BCUT2D eigenvalue weighted by atomic mass is 10.0. The van der Waals surface area contributed by atoms with E-state index in [1.807, 2.05) is 43.3 Å². The van der Waals surface area contributed by atoms with E-state index in [2.05, 4.69) is 5.32 Å². The highest BCUT2D eigenvalue weighted by Crippen LogP contribution is 2.28. The Labute approximate surface area is 163 Å². The van der Waals surface area contributed by atoms with Gasteiger partial charge in [0.15, 0.2) is 6.61 Å². The molecule has 0 aromatic heterocycles. The van der Waals surface area contributed by atoms with Gasteiger partial charge >= 0.3 is 0 Å². The molecule has 26 heavy (non-hydrogen) atoms. The van der Waals surface area contributed by atoms with Crippen LogP contribution in [0.1, 0.15) is 11.6 Å². The molecule has 2 rings (SSSR count). The number of ether oxygens (including phenoxy) is 2. The minimum atomic E-state index is -0.224. The summed E-state index contributed by atoms with van der Waals surface area (Å²) in [5, 5.41) is 3.71. The summed E-state index contributed by atoms with van der Waals surface area (Å²) in [4.78, 5) is 14.2. The van der Waals surface area contributed by atoms with Crippen LogP contribution in [0.3, 0.4) is 0 Å². The number of likely N-dealkylation sites (N-methyl/N-ethyl adjacent to an activating group) is 1. The second-order valence-electron chi connectivity index (χ2n) is 5.89. The average Bonchev–Trinajstić information content (AvgIpc) is 2.63. The number of hydrogen-bond acceptors (Lipinski definition) is 4. The van der Waals surface area contributed by atoms with Crippen molar-refractivity contribution in [3.63, 3.8) is 0 Å². The molecule has 0 fully saturated rings. The van der Waals surface area contributed by atoms with E-state index in [1.54, 1.807) is 25.3 Å². The van der Waals surface area contributed by atoms with Crippen LogP contribution in [0.25, 0.3) is 0 Å². The quantitative estimate of drug-likeness (QED) is 0.736. The summed E-state index contributed by atoms with van der Waals surface area (Å²) in [6.07, 6.45) is 0. The van der Waals surface area contributed by atoms with Crippen molar-refractivity contribution in [3.8, 4) is 11.5 Å². The Kier molecular flexibility index (Phi) is 7.57. The molecule has 0 aliphatic carbocycles. The molecule has 140 valence electrons. The van der Waals surface area contributed by atoms with Crippen molar-refractivity contribution >= 4 is 29.1 Å². The highest BCUT2D eigenvalue weighted by Gasteiger charge is 2.19. The smallest absolute Gasteiger partial charge is 0.258 e. The second-order valence-corrected chi connectivity index (χ2v) is 6.70. The number of carbonyl (C=O) groups is 1. The number of halogens is 2. The van der Waals surface area contributed by atoms with E-state index < -0.39 is 0 Å². The normalized spacial score (nSPS) is 11.9. The Morgan fingerprint density at radius 2 is 1.88 bits per heavy atom. The first-order valence-corrected chi connectivity index (χ1v) is 8.82. The molecule has 0 aliphatic rings. The van der Waals surface area contributed by atoms with Crippen LogP contribution in [-0.2, 0) is 4.79 Å². The van der Waals surface area contributed by atoms with Gasteiger partial charge in [-0.3, -0.25) is 4.79 Å². The van der Waals surface area contributed by atoms with Crippen molar-refractivity contribution in [3.05, 3.63) is 58.1 Å². The van der Waals surface area contributed by atoms with Gasteiger partial charge in [0.1, 0.15) is 11.5 Å². The summed E-state index contributed by atoms with van der Waals surface area (Å²) in [5.74, 6) is 1.05. The monoisotopic (exact) mass is 396 g/mol. The zero-order valence-electron chi connectivity index (χ0n) is 15.0. The number of methoxy groups -OCH3 is 1. The summed E-state index contributed by atoms with van der Waals surface area (Å²) >= 11 is 11.8. The predicted octanol–water partition coefficient (Wildman–Crippen LogP) is 3.80. The zero-order chi connectivity index (χ0) is 19.1. The van der Waals surface area contributed by atoms with Crippen LogP contribution < -0.4 is 14.8 Å². The zero-order valence-corrected chi connectivity index (χ0v) is 16.5. The molecular weight excluding hydrogens is 375 g/mol. The molecule has 5 nitrogen and oxygen atoms in total. The van der Waals surface area contributed by atoms with Crippen LogP contribution in [0, 0.1) is 0 Å². The first-order chi connectivity index (χ1) is 12.4. The van der Waals surface area contributed by atoms with Crippen molar-refractivity contribution < 1.29 is 14.3 Å². The lowest BCUT2D eigenvalue weighted by molar-refractivity contribution is -0.123. The highest BCUT2D eigenvalue weighted by molar-refractivity contribution is 6.42. The Morgan fingerprint density at radius 3 is 2.54 bits per heavy atom. The number of hydrogen-bond donors (Lipinski definition) is 1. The van der Waals surface area contributed by atoms with Crippen molar-refractivity contribution in [1.82, 2.24) is 10.2 Å². The van der Waals surface area contributed by atoms with Crippen LogP contribution in [0.2, 0.25) is 10.0 Å². The van der Waals surface area contributed by atoms with Gasteiger partial charge in [0, 0.05) is 18.2 Å². The number of benzene rings is 2. The molecule has 1 atom stereocenters. The maximum absolute atomic E-state index is 12.1. The molecule has 0 aliphatic heterocycles. The van der Waals surface area contributed by atoms with Crippen molar-refractivity contribution in [1.29, 1.82) is 0 Å². The Hall–Kier alpha value is -1.95. The molecule has 0 saturated heterocycles. The van der Waals surface area contributed by atoms with Gasteiger partial charge in [0.25, 0.3) is 5.91 Å². The first kappa shape index (κ1) is 20.4. The van der Waals surface area contributed by atoms with Crippen LogP contribution >= 0.6 is 23.2 Å². The molecule has 0 heterocycles. The fourth-order valence-corrected chi connectivity index (χ4v) is 2.78. The van der Waals surface area contributed by atoms with Crippen LogP contribution in [-0.4, -0.2) is 45.2 Å². The molecule has 7 heteroatoms. The number of rotatable bonds is 8. The average molecular weight is 397 g/mol. The lowest BCUT2D eigenvalue weighted by Crippen LogP contribution is -2.37. The number of nitrogens with zero attached hydrogens (tertiary/aromatic N) is 1. The van der Waals surface area contributed by atoms with E-state index in [9.17, 15) is 4.79 Å². The van der Waals surface area contributed by atoms with E-state index in [-0.39, 0.29) is 18.6 Å².